The highest BCUT2D eigenvalue weighted by Crippen LogP contribution is 2.34. The van der Waals surface area contributed by atoms with Gasteiger partial charge in [0.05, 0.1) is 0 Å². The topological polar surface area (TPSA) is 41.5 Å². The lowest BCUT2D eigenvalue weighted by molar-refractivity contribution is 0.0226. The van der Waals surface area contributed by atoms with E-state index in [4.69, 9.17) is 4.74 Å². The van der Waals surface area contributed by atoms with Crippen LogP contribution in [-0.2, 0) is 11.2 Å². The lowest BCUT2D eigenvalue weighted by Crippen LogP contribution is -2.39. The largest absolute Gasteiger partial charge is 0.508 e. The molecule has 1 heterocycles. The predicted molar refractivity (Wildman–Crippen MR) is 79.9 cm³/mol. The molecule has 3 heteroatoms. The molecule has 1 atom stereocenters. The first-order chi connectivity index (χ1) is 9.66. The van der Waals surface area contributed by atoms with Crippen molar-refractivity contribution in [2.45, 2.75) is 45.1 Å². The number of nitrogens with one attached hydrogen (secondary N) is 1. The van der Waals surface area contributed by atoms with Crippen molar-refractivity contribution >= 4 is 0 Å². The second kappa shape index (κ2) is 5.74. The zero-order valence-electron chi connectivity index (χ0n) is 12.3. The Morgan fingerprint density at radius 2 is 2.15 bits per heavy atom. The third kappa shape index (κ3) is 2.99. The zero-order valence-corrected chi connectivity index (χ0v) is 12.3. The smallest absolute Gasteiger partial charge is 0.115 e. The number of hydrogen-bond donors (Lipinski definition) is 2. The molecule has 0 bridgehead atoms. The molecule has 110 valence electrons. The Bertz CT molecular complexity index is 466. The van der Waals surface area contributed by atoms with E-state index in [1.807, 2.05) is 12.1 Å². The van der Waals surface area contributed by atoms with E-state index >= 15 is 0 Å². The molecule has 1 aliphatic carbocycles. The number of benzene rings is 1. The Kier molecular flexibility index (Phi) is 3.99. The molecule has 1 fully saturated rings. The lowest BCUT2D eigenvalue weighted by Gasteiger charge is -2.36. The fourth-order valence-electron chi connectivity index (χ4n) is 3.42. The molecule has 1 aliphatic heterocycles. The summed E-state index contributed by atoms with van der Waals surface area (Å²) in [5.41, 5.74) is 3.06. The maximum Gasteiger partial charge on any atom is 0.115 e. The van der Waals surface area contributed by atoms with Crippen molar-refractivity contribution in [2.75, 3.05) is 19.8 Å². The van der Waals surface area contributed by atoms with E-state index in [1.165, 1.54) is 24.0 Å². The van der Waals surface area contributed by atoms with Gasteiger partial charge in [0.2, 0.25) is 0 Å². The van der Waals surface area contributed by atoms with Gasteiger partial charge in [-0.15, -0.1) is 0 Å². The molecule has 1 saturated heterocycles. The Morgan fingerprint density at radius 3 is 2.95 bits per heavy atom. The molecule has 2 aliphatic rings. The summed E-state index contributed by atoms with van der Waals surface area (Å²) < 4.78 is 5.47. The highest BCUT2D eigenvalue weighted by Gasteiger charge is 2.29. The predicted octanol–water partition coefficient (Wildman–Crippen LogP) is 3.18. The first kappa shape index (κ1) is 13.9. The summed E-state index contributed by atoms with van der Waals surface area (Å²) in [7, 11) is 0. The fourth-order valence-corrected chi connectivity index (χ4v) is 3.42. The van der Waals surface area contributed by atoms with Crippen LogP contribution in [0.1, 0.15) is 49.8 Å². The fraction of sp³-hybridized carbons (Fsp3) is 0.647. The quantitative estimate of drug-likeness (QED) is 0.890. The van der Waals surface area contributed by atoms with Crippen molar-refractivity contribution in [1.29, 1.82) is 0 Å². The second-order valence-corrected chi connectivity index (χ2v) is 6.63. The minimum absolute atomic E-state index is 0.368. The minimum Gasteiger partial charge on any atom is -0.508 e. The van der Waals surface area contributed by atoms with Crippen molar-refractivity contribution in [1.82, 2.24) is 5.32 Å². The van der Waals surface area contributed by atoms with Crippen LogP contribution in [0, 0.1) is 5.41 Å². The molecule has 0 aromatic heterocycles. The summed E-state index contributed by atoms with van der Waals surface area (Å²) in [5, 5.41) is 13.4. The van der Waals surface area contributed by atoms with Gasteiger partial charge in [0.1, 0.15) is 5.75 Å². The van der Waals surface area contributed by atoms with Crippen LogP contribution >= 0.6 is 0 Å². The summed E-state index contributed by atoms with van der Waals surface area (Å²) in [6, 6.07) is 6.28. The first-order valence-electron chi connectivity index (χ1n) is 7.79. The molecule has 1 aromatic carbocycles. The highest BCUT2D eigenvalue weighted by atomic mass is 16.5. The van der Waals surface area contributed by atoms with Crippen molar-refractivity contribution in [3.8, 4) is 5.75 Å². The van der Waals surface area contributed by atoms with Crippen LogP contribution in [0.25, 0.3) is 0 Å². The molecule has 3 rings (SSSR count). The van der Waals surface area contributed by atoms with Crippen molar-refractivity contribution in [2.24, 2.45) is 5.41 Å². The van der Waals surface area contributed by atoms with Crippen LogP contribution in [0.4, 0.5) is 0 Å². The summed E-state index contributed by atoms with van der Waals surface area (Å²) >= 11 is 0. The third-order valence-corrected chi connectivity index (χ3v) is 4.92. The Hall–Kier alpha value is -1.06. The minimum atomic E-state index is 0.368. The summed E-state index contributed by atoms with van der Waals surface area (Å²) in [5.74, 6) is 0.390. The average molecular weight is 275 g/mol. The summed E-state index contributed by atoms with van der Waals surface area (Å²) in [6.07, 6.45) is 5.79. The molecule has 20 heavy (non-hydrogen) atoms. The molecule has 2 N–H and O–H groups in total. The highest BCUT2D eigenvalue weighted by molar-refractivity contribution is 5.38. The second-order valence-electron chi connectivity index (χ2n) is 6.63. The van der Waals surface area contributed by atoms with E-state index in [-0.39, 0.29) is 0 Å². The summed E-state index contributed by atoms with van der Waals surface area (Å²) in [6.45, 7) is 5.21. The number of rotatable bonds is 3. The molecular formula is C17H25NO2. The zero-order chi connectivity index (χ0) is 14.0. The maximum absolute atomic E-state index is 9.61. The van der Waals surface area contributed by atoms with Crippen LogP contribution in [0.5, 0.6) is 5.75 Å². The van der Waals surface area contributed by atoms with Gasteiger partial charge >= 0.3 is 0 Å². The van der Waals surface area contributed by atoms with E-state index < -0.39 is 0 Å². The number of ether oxygens (including phenoxy) is 1. The maximum atomic E-state index is 9.61. The lowest BCUT2D eigenvalue weighted by atomic mass is 9.81. The number of phenolic OH excluding ortho intramolecular Hbond substituents is 1. The Labute approximate surface area is 121 Å². The monoisotopic (exact) mass is 275 g/mol. The molecular weight excluding hydrogens is 250 g/mol. The molecule has 0 saturated carbocycles. The number of hydrogen-bond acceptors (Lipinski definition) is 3. The normalized spacial score (nSPS) is 25.1. The Morgan fingerprint density at radius 1 is 1.35 bits per heavy atom. The van der Waals surface area contributed by atoms with Crippen LogP contribution in [0.15, 0.2) is 18.2 Å². The van der Waals surface area contributed by atoms with Gasteiger partial charge in [-0.3, -0.25) is 0 Å². The van der Waals surface area contributed by atoms with E-state index in [0.717, 1.165) is 39.0 Å². The van der Waals surface area contributed by atoms with Gasteiger partial charge < -0.3 is 15.2 Å². The molecule has 1 aromatic rings. The number of fused-ring (bicyclic) bond motifs is 1. The van der Waals surface area contributed by atoms with Crippen LogP contribution in [0.3, 0.4) is 0 Å². The number of phenols is 1. The van der Waals surface area contributed by atoms with Crippen LogP contribution < -0.4 is 5.32 Å². The summed E-state index contributed by atoms with van der Waals surface area (Å²) in [4.78, 5) is 0. The van der Waals surface area contributed by atoms with Crippen molar-refractivity contribution in [3.63, 3.8) is 0 Å². The van der Waals surface area contributed by atoms with Crippen molar-refractivity contribution < 1.29 is 9.84 Å². The van der Waals surface area contributed by atoms with Gasteiger partial charge in [-0.2, -0.15) is 0 Å². The number of aryl methyl sites for hydroxylation is 1. The van der Waals surface area contributed by atoms with Crippen molar-refractivity contribution in [3.05, 3.63) is 29.3 Å². The Balaban J connectivity index is 1.67. The SMILES string of the molecule is CC1(CNC2CCCc3cc(O)ccc32)CCOCC1. The van der Waals surface area contributed by atoms with Gasteiger partial charge in [-0.05, 0) is 60.8 Å². The van der Waals surface area contributed by atoms with E-state index in [0.29, 0.717) is 17.2 Å². The van der Waals surface area contributed by atoms with E-state index in [2.05, 4.69) is 18.3 Å². The standard InChI is InChI=1S/C17H25NO2/c1-17(7-9-20-10-8-17)12-18-16-4-2-3-13-11-14(19)5-6-15(13)16/h5-6,11,16,18-19H,2-4,7-10,12H2,1H3. The molecule has 0 spiro atoms. The van der Waals surface area contributed by atoms with E-state index in [9.17, 15) is 5.11 Å². The molecule has 1 unspecified atom stereocenters. The van der Waals surface area contributed by atoms with Gasteiger partial charge in [0.15, 0.2) is 0 Å². The van der Waals surface area contributed by atoms with Crippen LogP contribution in [0.2, 0.25) is 0 Å². The van der Waals surface area contributed by atoms with Crippen LogP contribution in [-0.4, -0.2) is 24.9 Å². The van der Waals surface area contributed by atoms with Gasteiger partial charge in [-0.25, -0.2) is 0 Å². The first-order valence-corrected chi connectivity index (χ1v) is 7.79. The van der Waals surface area contributed by atoms with Gasteiger partial charge in [0.25, 0.3) is 0 Å². The number of aromatic hydroxyl groups is 1. The molecule has 3 nitrogen and oxygen atoms in total. The third-order valence-electron chi connectivity index (χ3n) is 4.92. The molecule has 0 radical (unpaired) electrons. The van der Waals surface area contributed by atoms with Gasteiger partial charge in [-0.1, -0.05) is 13.0 Å². The molecule has 0 amide bonds. The van der Waals surface area contributed by atoms with Gasteiger partial charge in [0, 0.05) is 25.8 Å². The van der Waals surface area contributed by atoms with E-state index in [1.54, 1.807) is 0 Å². The average Bonchev–Trinajstić information content (AvgIpc) is 2.45.